The molecule has 0 aromatic rings. The van der Waals surface area contributed by atoms with Gasteiger partial charge in [-0.1, -0.05) is 30.6 Å². The van der Waals surface area contributed by atoms with Crippen molar-refractivity contribution in [2.45, 2.75) is 78.2 Å². The third-order valence-electron chi connectivity index (χ3n) is 8.78. The molecule has 0 saturated heterocycles. The molecule has 4 heteroatoms. The summed E-state index contributed by atoms with van der Waals surface area (Å²) in [6, 6.07) is 0.156. The Bertz CT molecular complexity index is 664. The Kier molecular flexibility index (Phi) is 4.03. The maximum Gasteiger partial charge on any atom is 0.133 e. The summed E-state index contributed by atoms with van der Waals surface area (Å²) >= 11 is 0. The van der Waals surface area contributed by atoms with Gasteiger partial charge in [0.2, 0.25) is 0 Å². The summed E-state index contributed by atoms with van der Waals surface area (Å²) in [6.07, 6.45) is 11.6. The highest BCUT2D eigenvalue weighted by Gasteiger charge is 2.59. The summed E-state index contributed by atoms with van der Waals surface area (Å²) in [7, 11) is 0. The summed E-state index contributed by atoms with van der Waals surface area (Å²) in [4.78, 5) is 15.2. The van der Waals surface area contributed by atoms with E-state index in [0.29, 0.717) is 17.1 Å². The molecule has 4 rings (SSSR count). The van der Waals surface area contributed by atoms with Crippen LogP contribution in [0.2, 0.25) is 0 Å². The molecule has 4 aliphatic carbocycles. The number of hydrogen-bond donors (Lipinski definition) is 0. The summed E-state index contributed by atoms with van der Waals surface area (Å²) in [5.74, 6) is 2.91. The van der Waals surface area contributed by atoms with Crippen LogP contribution in [-0.2, 0) is 4.79 Å². The van der Waals surface area contributed by atoms with E-state index in [1.807, 2.05) is 6.92 Å². The lowest BCUT2D eigenvalue weighted by Crippen LogP contribution is -2.50. The van der Waals surface area contributed by atoms with Gasteiger partial charge in [-0.25, -0.2) is 0 Å². The highest BCUT2D eigenvalue weighted by Crippen LogP contribution is 2.66. The van der Waals surface area contributed by atoms with Crippen molar-refractivity contribution >= 4 is 5.78 Å². The van der Waals surface area contributed by atoms with Crippen molar-refractivity contribution in [2.75, 3.05) is 0 Å². The van der Waals surface area contributed by atoms with Gasteiger partial charge < -0.3 is 0 Å². The van der Waals surface area contributed by atoms with Gasteiger partial charge in [0, 0.05) is 16.9 Å². The van der Waals surface area contributed by atoms with Gasteiger partial charge in [0.15, 0.2) is 0 Å². The minimum absolute atomic E-state index is 0.156. The first-order chi connectivity index (χ1) is 11.9. The molecule has 0 heterocycles. The molecule has 0 aromatic carbocycles. The first kappa shape index (κ1) is 17.1. The topological polar surface area (TPSA) is 65.8 Å². The Morgan fingerprint density at radius 3 is 2.72 bits per heavy atom. The van der Waals surface area contributed by atoms with Gasteiger partial charge in [-0.15, -0.1) is 0 Å². The van der Waals surface area contributed by atoms with E-state index in [1.165, 1.54) is 25.7 Å². The SMILES string of the molecule is CC(=O)[C@@H]1CC[C@H]2[C@H]3CC=C4C[C@@H](N=[N+]=[N-])CC[C@]4(C)[C@@H]3CC[C@]12C. The minimum Gasteiger partial charge on any atom is -0.300 e. The van der Waals surface area contributed by atoms with Crippen molar-refractivity contribution in [3.8, 4) is 0 Å². The molecular weight excluding hydrogens is 310 g/mol. The molecule has 4 aliphatic rings. The fourth-order valence-electron chi connectivity index (χ4n) is 7.48. The van der Waals surface area contributed by atoms with Crippen LogP contribution in [0.3, 0.4) is 0 Å². The number of rotatable bonds is 2. The third kappa shape index (κ3) is 2.40. The smallest absolute Gasteiger partial charge is 0.133 e. The first-order valence-electron chi connectivity index (χ1n) is 10.1. The second-order valence-electron chi connectivity index (χ2n) is 9.65. The number of azide groups is 1. The molecule has 0 radical (unpaired) electrons. The van der Waals surface area contributed by atoms with Crippen LogP contribution in [0.15, 0.2) is 16.8 Å². The summed E-state index contributed by atoms with van der Waals surface area (Å²) in [5, 5.41) is 4.01. The van der Waals surface area contributed by atoms with Crippen molar-refractivity contribution in [2.24, 2.45) is 39.6 Å². The largest absolute Gasteiger partial charge is 0.300 e. The number of nitrogens with zero attached hydrogens (tertiary/aromatic N) is 3. The van der Waals surface area contributed by atoms with Gasteiger partial charge >= 0.3 is 0 Å². The standard InChI is InChI=1S/C21H31N3O/c1-13(25)17-6-7-18-16-5-4-14-12-15(23-24-22)8-10-20(14,2)19(16)9-11-21(17,18)3/h4,15-19H,5-12H2,1-3H3/t15-,16+,17-,18-,19+,20-,21+/m0/s1. The maximum atomic E-state index is 12.2. The zero-order chi connectivity index (χ0) is 17.8. The van der Waals surface area contributed by atoms with Gasteiger partial charge in [-0.2, -0.15) is 0 Å². The molecule has 4 nitrogen and oxygen atoms in total. The monoisotopic (exact) mass is 341 g/mol. The zero-order valence-electron chi connectivity index (χ0n) is 15.9. The van der Waals surface area contributed by atoms with Crippen molar-refractivity contribution in [1.29, 1.82) is 0 Å². The fraction of sp³-hybridized carbons (Fsp3) is 0.857. The number of allylic oxidation sites excluding steroid dienone is 1. The maximum absolute atomic E-state index is 12.2. The van der Waals surface area contributed by atoms with E-state index >= 15 is 0 Å². The van der Waals surface area contributed by atoms with Gasteiger partial charge in [0.1, 0.15) is 5.78 Å². The van der Waals surface area contributed by atoms with Crippen molar-refractivity contribution in [3.05, 3.63) is 22.1 Å². The minimum atomic E-state index is 0.156. The van der Waals surface area contributed by atoms with Crippen LogP contribution < -0.4 is 0 Å². The van der Waals surface area contributed by atoms with Crippen LogP contribution in [0.4, 0.5) is 0 Å². The van der Waals surface area contributed by atoms with E-state index in [2.05, 4.69) is 29.9 Å². The first-order valence-corrected chi connectivity index (χ1v) is 10.1. The van der Waals surface area contributed by atoms with Crippen molar-refractivity contribution < 1.29 is 4.79 Å². The number of carbonyl (C=O) groups is 1. The quantitative estimate of drug-likeness (QED) is 0.269. The van der Waals surface area contributed by atoms with E-state index in [0.717, 1.165) is 37.5 Å². The van der Waals surface area contributed by atoms with E-state index in [-0.39, 0.29) is 17.4 Å². The molecule has 3 saturated carbocycles. The highest BCUT2D eigenvalue weighted by atomic mass is 16.1. The average molecular weight is 341 g/mol. The average Bonchev–Trinajstić information content (AvgIpc) is 2.93. The predicted molar refractivity (Wildman–Crippen MR) is 98.8 cm³/mol. The van der Waals surface area contributed by atoms with Crippen molar-refractivity contribution in [1.82, 2.24) is 0 Å². The summed E-state index contributed by atoms with van der Waals surface area (Å²) in [5.41, 5.74) is 10.9. The molecule has 0 bridgehead atoms. The summed E-state index contributed by atoms with van der Waals surface area (Å²) < 4.78 is 0. The van der Waals surface area contributed by atoms with Crippen molar-refractivity contribution in [3.63, 3.8) is 0 Å². The van der Waals surface area contributed by atoms with Crippen LogP contribution >= 0.6 is 0 Å². The molecular formula is C21H31N3O. The van der Waals surface area contributed by atoms with Crippen LogP contribution in [0, 0.1) is 34.5 Å². The number of Topliss-reactive ketones (excluding diaryl/α,β-unsaturated/α-hetero) is 1. The van der Waals surface area contributed by atoms with Gasteiger partial charge in [0.05, 0.1) is 0 Å². The van der Waals surface area contributed by atoms with E-state index < -0.39 is 0 Å². The lowest BCUT2D eigenvalue weighted by molar-refractivity contribution is -0.127. The fourth-order valence-corrected chi connectivity index (χ4v) is 7.48. The van der Waals surface area contributed by atoms with Crippen LogP contribution in [0.1, 0.15) is 72.1 Å². The summed E-state index contributed by atoms with van der Waals surface area (Å²) in [6.45, 7) is 6.69. The Labute approximate surface area is 151 Å². The Hall–Kier alpha value is -1.28. The van der Waals surface area contributed by atoms with Gasteiger partial charge in [-0.3, -0.25) is 4.79 Å². The predicted octanol–water partition coefficient (Wildman–Crippen LogP) is 5.83. The van der Waals surface area contributed by atoms with Gasteiger partial charge in [0.25, 0.3) is 0 Å². The normalized spacial score (nSPS) is 48.4. The van der Waals surface area contributed by atoms with Gasteiger partial charge in [-0.05, 0) is 92.4 Å². The molecule has 0 unspecified atom stereocenters. The Balaban J connectivity index is 1.63. The molecule has 136 valence electrons. The molecule has 0 aliphatic heterocycles. The second kappa shape index (κ2) is 5.87. The molecule has 7 atom stereocenters. The number of ketones is 1. The molecule has 0 aromatic heterocycles. The van der Waals surface area contributed by atoms with Crippen LogP contribution in [-0.4, -0.2) is 11.8 Å². The number of hydrogen-bond acceptors (Lipinski definition) is 2. The lowest BCUT2D eigenvalue weighted by Gasteiger charge is -2.58. The highest BCUT2D eigenvalue weighted by molar-refractivity contribution is 5.79. The van der Waals surface area contributed by atoms with E-state index in [1.54, 1.807) is 5.57 Å². The number of fused-ring (bicyclic) bond motifs is 5. The van der Waals surface area contributed by atoms with Crippen LogP contribution in [0.5, 0.6) is 0 Å². The molecule has 25 heavy (non-hydrogen) atoms. The Morgan fingerprint density at radius 2 is 2.00 bits per heavy atom. The molecule has 0 spiro atoms. The number of carbonyl (C=O) groups excluding carboxylic acids is 1. The second-order valence-corrected chi connectivity index (χ2v) is 9.65. The molecule has 0 amide bonds. The third-order valence-corrected chi connectivity index (χ3v) is 8.78. The van der Waals surface area contributed by atoms with E-state index in [4.69, 9.17) is 5.53 Å². The lowest BCUT2D eigenvalue weighted by atomic mass is 9.47. The molecule has 0 N–H and O–H groups in total. The van der Waals surface area contributed by atoms with Crippen LogP contribution in [0.25, 0.3) is 10.4 Å². The molecule has 3 fully saturated rings. The zero-order valence-corrected chi connectivity index (χ0v) is 15.9. The Morgan fingerprint density at radius 1 is 1.20 bits per heavy atom. The van der Waals surface area contributed by atoms with E-state index in [9.17, 15) is 4.79 Å².